The van der Waals surface area contributed by atoms with E-state index in [1.54, 1.807) is 0 Å². The lowest BCUT2D eigenvalue weighted by Crippen LogP contribution is -2.46. The van der Waals surface area contributed by atoms with Crippen LogP contribution in [0.25, 0.3) is 0 Å². The topological polar surface area (TPSA) is 71.0 Å². The smallest absolute Gasteiger partial charge is 0.220 e. The summed E-state index contributed by atoms with van der Waals surface area (Å²) in [4.78, 5) is 14.9. The third-order valence-corrected chi connectivity index (χ3v) is 6.05. The summed E-state index contributed by atoms with van der Waals surface area (Å²) >= 11 is 0. The standard InChI is InChI=1S/C24H38N2O4/c1-2-3-4-5-6-7-10-23(27)25-20(18-26-13-8-9-14-26)24(28)19-11-12-21-22(17-19)30-16-15-29-21/h11-12,17,20,24,28H,2-10,13-16,18H2,1H3,(H,25,27)/t20-,24-/m0/s1. The van der Waals surface area contributed by atoms with Crippen LogP contribution in [0.15, 0.2) is 18.2 Å². The summed E-state index contributed by atoms with van der Waals surface area (Å²) in [6.45, 7) is 5.98. The Morgan fingerprint density at radius 2 is 1.77 bits per heavy atom. The van der Waals surface area contributed by atoms with Gasteiger partial charge in [0.05, 0.1) is 6.04 Å². The van der Waals surface area contributed by atoms with E-state index in [4.69, 9.17) is 9.47 Å². The number of nitrogens with one attached hydrogen (secondary N) is 1. The number of aliphatic hydroxyl groups is 1. The highest BCUT2D eigenvalue weighted by molar-refractivity contribution is 5.76. The van der Waals surface area contributed by atoms with E-state index in [0.717, 1.165) is 31.5 Å². The fourth-order valence-electron chi connectivity index (χ4n) is 4.29. The molecule has 168 valence electrons. The average Bonchev–Trinajstić information content (AvgIpc) is 3.28. The van der Waals surface area contributed by atoms with Crippen LogP contribution in [0.1, 0.15) is 76.4 Å². The Morgan fingerprint density at radius 3 is 2.53 bits per heavy atom. The molecule has 2 aliphatic heterocycles. The summed E-state index contributed by atoms with van der Waals surface area (Å²) in [6, 6.07) is 5.22. The molecular formula is C24H38N2O4. The highest BCUT2D eigenvalue weighted by Gasteiger charge is 2.27. The Hall–Kier alpha value is -1.79. The maximum atomic E-state index is 12.6. The minimum atomic E-state index is -0.782. The summed E-state index contributed by atoms with van der Waals surface area (Å²) in [7, 11) is 0. The van der Waals surface area contributed by atoms with Crippen molar-refractivity contribution < 1.29 is 19.4 Å². The van der Waals surface area contributed by atoms with Crippen molar-refractivity contribution in [3.63, 3.8) is 0 Å². The molecule has 1 saturated heterocycles. The van der Waals surface area contributed by atoms with Crippen molar-refractivity contribution >= 4 is 5.91 Å². The number of benzene rings is 1. The molecule has 1 aromatic rings. The molecule has 30 heavy (non-hydrogen) atoms. The van der Waals surface area contributed by atoms with Gasteiger partial charge in [-0.05, 0) is 50.0 Å². The highest BCUT2D eigenvalue weighted by atomic mass is 16.6. The second-order valence-corrected chi connectivity index (χ2v) is 8.55. The van der Waals surface area contributed by atoms with Gasteiger partial charge in [0.1, 0.15) is 19.3 Å². The Labute approximate surface area is 180 Å². The van der Waals surface area contributed by atoms with Crippen LogP contribution >= 0.6 is 0 Å². The predicted molar refractivity (Wildman–Crippen MR) is 118 cm³/mol. The fourth-order valence-corrected chi connectivity index (χ4v) is 4.29. The first kappa shape index (κ1) is 22.9. The molecule has 0 radical (unpaired) electrons. The predicted octanol–water partition coefficient (Wildman–Crippen LogP) is 3.82. The third kappa shape index (κ3) is 6.88. The number of rotatable bonds is 12. The fraction of sp³-hybridized carbons (Fsp3) is 0.708. The second kappa shape index (κ2) is 12.2. The van der Waals surface area contributed by atoms with Gasteiger partial charge in [-0.2, -0.15) is 0 Å². The first-order valence-electron chi connectivity index (χ1n) is 11.8. The average molecular weight is 419 g/mol. The largest absolute Gasteiger partial charge is 0.486 e. The number of likely N-dealkylation sites (tertiary alicyclic amines) is 1. The van der Waals surface area contributed by atoms with Gasteiger partial charge in [-0.15, -0.1) is 0 Å². The number of carbonyl (C=O) groups is 1. The van der Waals surface area contributed by atoms with Crippen molar-refractivity contribution in [2.75, 3.05) is 32.8 Å². The van der Waals surface area contributed by atoms with Gasteiger partial charge in [0.15, 0.2) is 11.5 Å². The molecule has 2 heterocycles. The van der Waals surface area contributed by atoms with E-state index in [9.17, 15) is 9.90 Å². The zero-order valence-corrected chi connectivity index (χ0v) is 18.4. The van der Waals surface area contributed by atoms with Crippen LogP contribution in [0.4, 0.5) is 0 Å². The first-order chi connectivity index (χ1) is 14.7. The van der Waals surface area contributed by atoms with Gasteiger partial charge in [0.25, 0.3) is 0 Å². The highest BCUT2D eigenvalue weighted by Crippen LogP contribution is 2.33. The van der Waals surface area contributed by atoms with Crippen molar-refractivity contribution in [2.45, 2.75) is 76.9 Å². The van der Waals surface area contributed by atoms with E-state index in [-0.39, 0.29) is 11.9 Å². The van der Waals surface area contributed by atoms with Crippen LogP contribution in [0, 0.1) is 0 Å². The molecule has 6 nitrogen and oxygen atoms in total. The molecule has 2 atom stereocenters. The van der Waals surface area contributed by atoms with Crippen LogP contribution in [0.3, 0.4) is 0 Å². The van der Waals surface area contributed by atoms with Crippen LogP contribution in [0.2, 0.25) is 0 Å². The lowest BCUT2D eigenvalue weighted by atomic mass is 10.0. The summed E-state index contributed by atoms with van der Waals surface area (Å²) in [6.07, 6.45) is 9.04. The molecule has 1 amide bonds. The van der Waals surface area contributed by atoms with Gasteiger partial charge in [0, 0.05) is 13.0 Å². The lowest BCUT2D eigenvalue weighted by Gasteiger charge is -2.29. The monoisotopic (exact) mass is 418 g/mol. The third-order valence-electron chi connectivity index (χ3n) is 6.05. The Morgan fingerprint density at radius 1 is 1.07 bits per heavy atom. The van der Waals surface area contributed by atoms with Crippen LogP contribution in [-0.2, 0) is 4.79 Å². The van der Waals surface area contributed by atoms with Crippen LogP contribution in [0.5, 0.6) is 11.5 Å². The van der Waals surface area contributed by atoms with Gasteiger partial charge in [-0.25, -0.2) is 0 Å². The Bertz CT molecular complexity index is 661. The molecule has 0 saturated carbocycles. The van der Waals surface area contributed by atoms with E-state index < -0.39 is 6.10 Å². The van der Waals surface area contributed by atoms with E-state index >= 15 is 0 Å². The van der Waals surface area contributed by atoms with E-state index in [1.807, 2.05) is 18.2 Å². The van der Waals surface area contributed by atoms with Crippen molar-refractivity contribution in [3.8, 4) is 11.5 Å². The summed E-state index contributed by atoms with van der Waals surface area (Å²) in [5.74, 6) is 1.41. The molecule has 0 unspecified atom stereocenters. The second-order valence-electron chi connectivity index (χ2n) is 8.55. The van der Waals surface area contributed by atoms with E-state index in [0.29, 0.717) is 37.7 Å². The number of amides is 1. The maximum Gasteiger partial charge on any atom is 0.220 e. The number of nitrogens with zero attached hydrogens (tertiary/aromatic N) is 1. The van der Waals surface area contributed by atoms with E-state index in [1.165, 1.54) is 38.5 Å². The van der Waals surface area contributed by atoms with Gasteiger partial charge >= 0.3 is 0 Å². The summed E-state index contributed by atoms with van der Waals surface area (Å²) < 4.78 is 11.3. The number of aliphatic hydroxyl groups excluding tert-OH is 1. The van der Waals surface area contributed by atoms with Crippen molar-refractivity contribution in [1.29, 1.82) is 0 Å². The minimum Gasteiger partial charge on any atom is -0.486 e. The van der Waals surface area contributed by atoms with Gasteiger partial charge in [-0.3, -0.25) is 4.79 Å². The number of carbonyl (C=O) groups excluding carboxylic acids is 1. The first-order valence-corrected chi connectivity index (χ1v) is 11.8. The van der Waals surface area contributed by atoms with Crippen LogP contribution in [-0.4, -0.2) is 54.8 Å². The molecule has 2 aliphatic rings. The number of fused-ring (bicyclic) bond motifs is 1. The Balaban J connectivity index is 1.57. The van der Waals surface area contributed by atoms with Gasteiger partial charge < -0.3 is 24.8 Å². The van der Waals surface area contributed by atoms with Crippen molar-refractivity contribution in [1.82, 2.24) is 10.2 Å². The molecule has 1 aromatic carbocycles. The van der Waals surface area contributed by atoms with E-state index in [2.05, 4.69) is 17.1 Å². The number of unbranched alkanes of at least 4 members (excludes halogenated alkanes) is 5. The normalized spacial score (nSPS) is 18.2. The SMILES string of the molecule is CCCCCCCCC(=O)N[C@@H](CN1CCCC1)[C@@H](O)c1ccc2c(c1)OCCO2. The molecule has 0 spiro atoms. The van der Waals surface area contributed by atoms with Crippen molar-refractivity contribution in [2.24, 2.45) is 0 Å². The minimum absolute atomic E-state index is 0.0336. The summed E-state index contributed by atoms with van der Waals surface area (Å²) in [5.41, 5.74) is 0.753. The zero-order chi connectivity index (χ0) is 21.2. The number of hydrogen-bond acceptors (Lipinski definition) is 5. The molecule has 1 fully saturated rings. The molecule has 0 aliphatic carbocycles. The van der Waals surface area contributed by atoms with Crippen LogP contribution < -0.4 is 14.8 Å². The maximum absolute atomic E-state index is 12.6. The quantitative estimate of drug-likeness (QED) is 0.505. The van der Waals surface area contributed by atoms with Gasteiger partial charge in [0.2, 0.25) is 5.91 Å². The molecule has 3 rings (SSSR count). The molecular weight excluding hydrogens is 380 g/mol. The number of ether oxygens (including phenoxy) is 2. The molecule has 2 N–H and O–H groups in total. The van der Waals surface area contributed by atoms with Gasteiger partial charge in [-0.1, -0.05) is 45.1 Å². The molecule has 0 aromatic heterocycles. The molecule has 0 bridgehead atoms. The lowest BCUT2D eigenvalue weighted by molar-refractivity contribution is -0.123. The molecule has 6 heteroatoms. The Kier molecular flexibility index (Phi) is 9.27. The number of hydrogen-bond donors (Lipinski definition) is 2. The zero-order valence-electron chi connectivity index (χ0n) is 18.4. The summed E-state index contributed by atoms with van der Waals surface area (Å²) in [5, 5.41) is 14.2. The van der Waals surface area contributed by atoms with Crippen molar-refractivity contribution in [3.05, 3.63) is 23.8 Å².